The molecule has 3 rings (SSSR count). The number of carbonyl (C=O) groups is 1. The summed E-state index contributed by atoms with van der Waals surface area (Å²) >= 11 is 0. The maximum atomic E-state index is 11.6. The van der Waals surface area contributed by atoms with Gasteiger partial charge < -0.3 is 20.3 Å². The van der Waals surface area contributed by atoms with Crippen LogP contribution in [-0.2, 0) is 4.79 Å². The van der Waals surface area contributed by atoms with Gasteiger partial charge in [-0.2, -0.15) is 0 Å². The van der Waals surface area contributed by atoms with Gasteiger partial charge in [-0.3, -0.25) is 9.69 Å². The van der Waals surface area contributed by atoms with Crippen molar-refractivity contribution in [2.24, 2.45) is 11.7 Å². The standard InChI is InChI=1S/C19H28N2O4/c1-24-15-7-6-13(11-16(15)25-2)18-14-5-3-4-8-19(14,23)9-10-21(18)12-17(20)22/h6-7,11,14,18,23H,3-5,8-10,12H2,1-2H3,(H2,20,22)/t14-,18+,19-/m1/s1. The Bertz CT molecular complexity index is 636. The van der Waals surface area contributed by atoms with Crippen molar-refractivity contribution in [2.45, 2.75) is 43.7 Å². The van der Waals surface area contributed by atoms with Gasteiger partial charge in [-0.25, -0.2) is 0 Å². The summed E-state index contributed by atoms with van der Waals surface area (Å²) in [5, 5.41) is 11.2. The van der Waals surface area contributed by atoms with Gasteiger partial charge in [0.2, 0.25) is 5.91 Å². The number of aliphatic hydroxyl groups is 1. The van der Waals surface area contributed by atoms with Crippen molar-refractivity contribution in [3.8, 4) is 11.5 Å². The summed E-state index contributed by atoms with van der Waals surface area (Å²) in [5.41, 5.74) is 5.85. The van der Waals surface area contributed by atoms with Gasteiger partial charge in [-0.05, 0) is 37.0 Å². The quantitative estimate of drug-likeness (QED) is 0.848. The van der Waals surface area contributed by atoms with E-state index in [0.29, 0.717) is 24.5 Å². The van der Waals surface area contributed by atoms with Gasteiger partial charge in [0.25, 0.3) is 0 Å². The second-order valence-corrected chi connectivity index (χ2v) is 7.20. The monoisotopic (exact) mass is 348 g/mol. The second kappa shape index (κ2) is 7.22. The summed E-state index contributed by atoms with van der Waals surface area (Å²) in [6.45, 7) is 0.862. The number of fused-ring (bicyclic) bond motifs is 1. The molecule has 6 nitrogen and oxygen atoms in total. The number of benzene rings is 1. The average molecular weight is 348 g/mol. The fraction of sp³-hybridized carbons (Fsp3) is 0.632. The van der Waals surface area contributed by atoms with E-state index in [9.17, 15) is 9.90 Å². The number of nitrogens with zero attached hydrogens (tertiary/aromatic N) is 1. The van der Waals surface area contributed by atoms with E-state index in [-0.39, 0.29) is 24.4 Å². The first-order valence-electron chi connectivity index (χ1n) is 8.95. The minimum absolute atomic E-state index is 0.0497. The van der Waals surface area contributed by atoms with Gasteiger partial charge in [0.1, 0.15) is 0 Å². The molecular formula is C19H28N2O4. The second-order valence-electron chi connectivity index (χ2n) is 7.20. The van der Waals surface area contributed by atoms with Gasteiger partial charge in [0, 0.05) is 18.5 Å². The summed E-state index contributed by atoms with van der Waals surface area (Å²) in [6, 6.07) is 5.79. The molecule has 2 aliphatic rings. The molecular weight excluding hydrogens is 320 g/mol. The molecule has 1 saturated heterocycles. The summed E-state index contributed by atoms with van der Waals surface area (Å²) in [6.07, 6.45) is 4.62. The Balaban J connectivity index is 2.01. The molecule has 6 heteroatoms. The number of likely N-dealkylation sites (tertiary alicyclic amines) is 1. The van der Waals surface area contributed by atoms with Crippen LogP contribution in [0.1, 0.15) is 43.7 Å². The number of methoxy groups -OCH3 is 2. The van der Waals surface area contributed by atoms with Crippen LogP contribution < -0.4 is 15.2 Å². The minimum Gasteiger partial charge on any atom is -0.493 e. The van der Waals surface area contributed by atoms with E-state index in [2.05, 4.69) is 4.90 Å². The first-order chi connectivity index (χ1) is 12.0. The van der Waals surface area contributed by atoms with Crippen LogP contribution in [-0.4, -0.2) is 48.8 Å². The molecule has 1 aliphatic carbocycles. The van der Waals surface area contributed by atoms with Gasteiger partial charge in [-0.1, -0.05) is 18.9 Å². The minimum atomic E-state index is -0.662. The Morgan fingerprint density at radius 3 is 2.72 bits per heavy atom. The molecule has 1 amide bonds. The van der Waals surface area contributed by atoms with Gasteiger partial charge >= 0.3 is 0 Å². The van der Waals surface area contributed by atoms with E-state index in [0.717, 1.165) is 31.2 Å². The van der Waals surface area contributed by atoms with Crippen LogP contribution in [0.4, 0.5) is 0 Å². The third kappa shape index (κ3) is 3.46. The number of primary amides is 1. The lowest BCUT2D eigenvalue weighted by molar-refractivity contribution is -0.136. The lowest BCUT2D eigenvalue weighted by atomic mass is 9.66. The molecule has 138 valence electrons. The Hall–Kier alpha value is -1.79. The van der Waals surface area contributed by atoms with Crippen molar-refractivity contribution >= 4 is 5.91 Å². The number of hydrogen-bond acceptors (Lipinski definition) is 5. The number of hydrogen-bond donors (Lipinski definition) is 2. The Morgan fingerprint density at radius 1 is 1.28 bits per heavy atom. The van der Waals surface area contributed by atoms with Gasteiger partial charge in [0.05, 0.1) is 26.4 Å². The van der Waals surface area contributed by atoms with Crippen LogP contribution in [0.3, 0.4) is 0 Å². The number of carbonyl (C=O) groups excluding carboxylic acids is 1. The molecule has 0 aromatic heterocycles. The molecule has 25 heavy (non-hydrogen) atoms. The number of amides is 1. The maximum Gasteiger partial charge on any atom is 0.231 e. The molecule has 0 bridgehead atoms. The Labute approximate surface area is 148 Å². The largest absolute Gasteiger partial charge is 0.493 e. The molecule has 1 aliphatic heterocycles. The average Bonchev–Trinajstić information content (AvgIpc) is 2.60. The van der Waals surface area contributed by atoms with Crippen molar-refractivity contribution in [1.29, 1.82) is 0 Å². The van der Waals surface area contributed by atoms with E-state index in [1.54, 1.807) is 14.2 Å². The van der Waals surface area contributed by atoms with Crippen molar-refractivity contribution < 1.29 is 19.4 Å². The fourth-order valence-electron chi connectivity index (χ4n) is 4.60. The highest BCUT2D eigenvalue weighted by atomic mass is 16.5. The highest BCUT2D eigenvalue weighted by molar-refractivity contribution is 5.76. The SMILES string of the molecule is COc1ccc([C@H]2[C@H]3CCCC[C@@]3(O)CCN2CC(N)=O)cc1OC. The Morgan fingerprint density at radius 2 is 2.04 bits per heavy atom. The van der Waals surface area contributed by atoms with Crippen LogP contribution in [0.2, 0.25) is 0 Å². The summed E-state index contributed by atoms with van der Waals surface area (Å²) < 4.78 is 10.8. The molecule has 1 aromatic carbocycles. The van der Waals surface area contributed by atoms with Gasteiger partial charge in [-0.15, -0.1) is 0 Å². The third-order valence-electron chi connectivity index (χ3n) is 5.78. The summed E-state index contributed by atoms with van der Waals surface area (Å²) in [5.74, 6) is 1.07. The van der Waals surface area contributed by atoms with Gasteiger partial charge in [0.15, 0.2) is 11.5 Å². The molecule has 2 fully saturated rings. The highest BCUT2D eigenvalue weighted by Gasteiger charge is 2.49. The molecule has 0 spiro atoms. The van der Waals surface area contributed by atoms with Crippen LogP contribution in [0.25, 0.3) is 0 Å². The molecule has 3 N–H and O–H groups in total. The first-order valence-corrected chi connectivity index (χ1v) is 8.95. The highest BCUT2D eigenvalue weighted by Crippen LogP contribution is 2.49. The summed E-state index contributed by atoms with van der Waals surface area (Å²) in [4.78, 5) is 13.7. The molecule has 1 saturated carbocycles. The van der Waals surface area contributed by atoms with Crippen molar-refractivity contribution in [1.82, 2.24) is 4.90 Å². The van der Waals surface area contributed by atoms with E-state index in [1.807, 2.05) is 18.2 Å². The van der Waals surface area contributed by atoms with E-state index in [4.69, 9.17) is 15.2 Å². The van der Waals surface area contributed by atoms with Crippen LogP contribution in [0.15, 0.2) is 18.2 Å². The first kappa shape index (κ1) is 18.0. The fourth-order valence-corrected chi connectivity index (χ4v) is 4.60. The zero-order chi connectivity index (χ0) is 18.0. The van der Waals surface area contributed by atoms with E-state index < -0.39 is 5.60 Å². The molecule has 1 aromatic rings. The van der Waals surface area contributed by atoms with E-state index >= 15 is 0 Å². The normalized spacial score (nSPS) is 29.7. The molecule has 0 unspecified atom stereocenters. The number of rotatable bonds is 5. The molecule has 3 atom stereocenters. The lowest BCUT2D eigenvalue weighted by Crippen LogP contribution is -2.56. The predicted molar refractivity (Wildman–Crippen MR) is 94.6 cm³/mol. The molecule has 1 heterocycles. The zero-order valence-corrected chi connectivity index (χ0v) is 15.0. The maximum absolute atomic E-state index is 11.6. The predicted octanol–water partition coefficient (Wildman–Crippen LogP) is 1.86. The van der Waals surface area contributed by atoms with Crippen LogP contribution in [0, 0.1) is 5.92 Å². The lowest BCUT2D eigenvalue weighted by Gasteiger charge is -2.52. The molecule has 0 radical (unpaired) electrons. The number of nitrogens with two attached hydrogens (primary N) is 1. The zero-order valence-electron chi connectivity index (χ0n) is 15.0. The summed E-state index contributed by atoms with van der Waals surface area (Å²) in [7, 11) is 3.22. The van der Waals surface area contributed by atoms with Crippen molar-refractivity contribution in [3.63, 3.8) is 0 Å². The van der Waals surface area contributed by atoms with Crippen LogP contribution >= 0.6 is 0 Å². The Kier molecular flexibility index (Phi) is 5.20. The number of ether oxygens (including phenoxy) is 2. The third-order valence-corrected chi connectivity index (χ3v) is 5.78. The van der Waals surface area contributed by atoms with Crippen LogP contribution in [0.5, 0.6) is 11.5 Å². The smallest absolute Gasteiger partial charge is 0.231 e. The van der Waals surface area contributed by atoms with Crippen molar-refractivity contribution in [2.75, 3.05) is 27.3 Å². The number of piperidine rings is 1. The van der Waals surface area contributed by atoms with E-state index in [1.165, 1.54) is 0 Å². The topological polar surface area (TPSA) is 85.0 Å². The van der Waals surface area contributed by atoms with Crippen molar-refractivity contribution in [3.05, 3.63) is 23.8 Å².